The van der Waals surface area contributed by atoms with E-state index in [-0.39, 0.29) is 11.9 Å². The summed E-state index contributed by atoms with van der Waals surface area (Å²) in [4.78, 5) is 14.1. The van der Waals surface area contributed by atoms with Gasteiger partial charge >= 0.3 is 0 Å². The molecule has 0 saturated heterocycles. The number of halogens is 2. The van der Waals surface area contributed by atoms with E-state index in [1.165, 1.54) is 12.1 Å². The minimum Gasteiger partial charge on any atom is -0.352 e. The lowest BCUT2D eigenvalue weighted by Crippen LogP contribution is -2.17. The predicted molar refractivity (Wildman–Crippen MR) is 136 cm³/mol. The van der Waals surface area contributed by atoms with Gasteiger partial charge < -0.3 is 9.88 Å². The fourth-order valence-corrected chi connectivity index (χ4v) is 4.11. The molecule has 0 radical (unpaired) electrons. The molecule has 0 spiro atoms. The first-order chi connectivity index (χ1) is 16.4. The van der Waals surface area contributed by atoms with E-state index in [0.29, 0.717) is 16.1 Å². The van der Waals surface area contributed by atoms with Gasteiger partial charge in [0, 0.05) is 29.0 Å². The monoisotopic (exact) mass is 471 g/mol. The van der Waals surface area contributed by atoms with Crippen LogP contribution < -0.4 is 10.7 Å². The molecule has 0 amide bonds. The molecule has 2 aliphatic rings. The van der Waals surface area contributed by atoms with Crippen molar-refractivity contribution in [2.24, 2.45) is 4.99 Å². The van der Waals surface area contributed by atoms with Crippen molar-refractivity contribution in [3.8, 4) is 17.1 Å². The molecule has 7 heteroatoms. The molecule has 1 N–H and O–H groups in total. The molecule has 0 unspecified atom stereocenters. The lowest BCUT2D eigenvalue weighted by Gasteiger charge is -2.20. The number of fused-ring (bicyclic) bond motifs is 2. The highest BCUT2D eigenvalue weighted by Crippen LogP contribution is 2.31. The molecule has 2 aromatic carbocycles. The quantitative estimate of drug-likeness (QED) is 0.297. The van der Waals surface area contributed by atoms with Crippen molar-refractivity contribution in [1.82, 2.24) is 14.5 Å². The van der Waals surface area contributed by atoms with Gasteiger partial charge in [0.1, 0.15) is 5.82 Å². The summed E-state index contributed by atoms with van der Waals surface area (Å²) in [6.45, 7) is 6.02. The van der Waals surface area contributed by atoms with Gasteiger partial charge in [0.05, 0.1) is 44.8 Å². The van der Waals surface area contributed by atoms with Crippen LogP contribution in [0.2, 0.25) is 5.02 Å². The summed E-state index contributed by atoms with van der Waals surface area (Å²) >= 11 is 6.14. The maximum atomic E-state index is 14.3. The normalized spacial score (nSPS) is 12.1. The van der Waals surface area contributed by atoms with Crippen molar-refractivity contribution in [3.63, 3.8) is 0 Å². The van der Waals surface area contributed by atoms with Crippen LogP contribution in [0.5, 0.6) is 0 Å². The highest BCUT2D eigenvalue weighted by molar-refractivity contribution is 6.30. The van der Waals surface area contributed by atoms with E-state index in [2.05, 4.69) is 10.3 Å². The minimum absolute atomic E-state index is 0.0721. The predicted octanol–water partition coefficient (Wildman–Crippen LogP) is 6.68. The van der Waals surface area contributed by atoms with Crippen LogP contribution in [0.1, 0.15) is 19.5 Å². The molecule has 5 rings (SSSR count). The molecule has 0 fully saturated rings. The number of hydrogen-bond donors (Lipinski definition) is 1. The van der Waals surface area contributed by atoms with Crippen molar-refractivity contribution >= 4 is 34.0 Å². The Morgan fingerprint density at radius 2 is 1.79 bits per heavy atom. The SMILES string of the molecule is Cc1ncccc1Nc1cc2nc3ccc(F)cc3n(-c3ccc(Cl)cc3)c-2cc1=NC(C)C. The first-order valence-corrected chi connectivity index (χ1v) is 11.4. The molecule has 3 aromatic rings. The van der Waals surface area contributed by atoms with E-state index in [1.54, 1.807) is 12.3 Å². The zero-order valence-corrected chi connectivity index (χ0v) is 19.8. The highest BCUT2D eigenvalue weighted by atomic mass is 35.5. The van der Waals surface area contributed by atoms with Crippen molar-refractivity contribution < 1.29 is 4.39 Å². The fraction of sp³-hybridized carbons (Fsp3) is 0.148. The molecule has 5 nitrogen and oxygen atoms in total. The molecule has 0 atom stereocenters. The molecule has 0 saturated carbocycles. The topological polar surface area (TPSA) is 55.1 Å². The van der Waals surface area contributed by atoms with Gasteiger partial charge in [0.2, 0.25) is 0 Å². The zero-order chi connectivity index (χ0) is 23.8. The Labute approximate surface area is 202 Å². The van der Waals surface area contributed by atoms with E-state index < -0.39 is 0 Å². The number of nitrogens with one attached hydrogen (secondary N) is 1. The molecule has 1 aromatic heterocycles. The van der Waals surface area contributed by atoms with Crippen LogP contribution in [0.15, 0.2) is 77.9 Å². The Morgan fingerprint density at radius 1 is 1.00 bits per heavy atom. The smallest absolute Gasteiger partial charge is 0.125 e. The number of nitrogens with zero attached hydrogens (tertiary/aromatic N) is 4. The van der Waals surface area contributed by atoms with Gasteiger partial charge in [-0.1, -0.05) is 11.6 Å². The maximum absolute atomic E-state index is 14.3. The number of benzene rings is 3. The second kappa shape index (κ2) is 8.88. The molecule has 2 heterocycles. The van der Waals surface area contributed by atoms with Gasteiger partial charge in [-0.3, -0.25) is 9.98 Å². The summed E-state index contributed by atoms with van der Waals surface area (Å²) in [5.41, 5.74) is 6.37. The van der Waals surface area contributed by atoms with Crippen LogP contribution in [0.4, 0.5) is 15.8 Å². The Bertz CT molecular complexity index is 1540. The summed E-state index contributed by atoms with van der Waals surface area (Å²) in [5.74, 6) is -0.325. The summed E-state index contributed by atoms with van der Waals surface area (Å²) in [6, 6.07) is 20.0. The van der Waals surface area contributed by atoms with Crippen LogP contribution in [-0.2, 0) is 0 Å². The number of hydrogen-bond acceptors (Lipinski definition) is 4. The van der Waals surface area contributed by atoms with Gasteiger partial charge in [-0.2, -0.15) is 0 Å². The van der Waals surface area contributed by atoms with Crippen molar-refractivity contribution in [3.05, 3.63) is 94.8 Å². The largest absolute Gasteiger partial charge is 0.352 e. The Morgan fingerprint density at radius 3 is 2.53 bits per heavy atom. The van der Waals surface area contributed by atoms with Crippen molar-refractivity contribution in [2.75, 3.05) is 5.32 Å². The number of aryl methyl sites for hydroxylation is 1. The lowest BCUT2D eigenvalue weighted by molar-refractivity contribution is 0.629. The fourth-order valence-electron chi connectivity index (χ4n) is 3.98. The van der Waals surface area contributed by atoms with Crippen LogP contribution in [-0.4, -0.2) is 20.6 Å². The number of aromatic nitrogens is 3. The van der Waals surface area contributed by atoms with Gasteiger partial charge in [-0.25, -0.2) is 9.37 Å². The molecular formula is C27H23ClFN5. The second-order valence-corrected chi connectivity index (χ2v) is 8.84. The lowest BCUT2D eigenvalue weighted by atomic mass is 10.1. The van der Waals surface area contributed by atoms with E-state index in [4.69, 9.17) is 21.6 Å². The van der Waals surface area contributed by atoms with Gasteiger partial charge in [0.25, 0.3) is 0 Å². The summed E-state index contributed by atoms with van der Waals surface area (Å²) in [6.07, 6.45) is 1.77. The third kappa shape index (κ3) is 4.24. The average Bonchev–Trinajstić information content (AvgIpc) is 2.80. The van der Waals surface area contributed by atoms with Crippen molar-refractivity contribution in [2.45, 2.75) is 26.8 Å². The van der Waals surface area contributed by atoms with Crippen LogP contribution in [0.25, 0.3) is 28.1 Å². The maximum Gasteiger partial charge on any atom is 0.125 e. The zero-order valence-electron chi connectivity index (χ0n) is 19.1. The molecule has 34 heavy (non-hydrogen) atoms. The number of anilines is 2. The van der Waals surface area contributed by atoms with Gasteiger partial charge in [0.15, 0.2) is 0 Å². The van der Waals surface area contributed by atoms with Gasteiger partial charge in [-0.05, 0) is 81.4 Å². The third-order valence-corrected chi connectivity index (χ3v) is 5.76. The second-order valence-electron chi connectivity index (χ2n) is 8.40. The van der Waals surface area contributed by atoms with Crippen molar-refractivity contribution in [1.29, 1.82) is 0 Å². The Kier molecular flexibility index (Phi) is 5.75. The first kappa shape index (κ1) is 22.0. The van der Waals surface area contributed by atoms with Crippen LogP contribution >= 0.6 is 11.6 Å². The average molecular weight is 472 g/mol. The first-order valence-electron chi connectivity index (χ1n) is 11.0. The van der Waals surface area contributed by atoms with Crippen LogP contribution in [0, 0.1) is 12.7 Å². The van der Waals surface area contributed by atoms with Gasteiger partial charge in [-0.15, -0.1) is 0 Å². The summed E-state index contributed by atoms with van der Waals surface area (Å²) in [7, 11) is 0. The van der Waals surface area contributed by atoms with E-state index in [9.17, 15) is 4.39 Å². The molecule has 1 aliphatic carbocycles. The summed E-state index contributed by atoms with van der Waals surface area (Å²) < 4.78 is 16.3. The Hall–Kier alpha value is -3.77. The van der Waals surface area contributed by atoms with E-state index >= 15 is 0 Å². The minimum atomic E-state index is -0.325. The van der Waals surface area contributed by atoms with E-state index in [1.807, 2.05) is 73.9 Å². The molecular weight excluding hydrogens is 449 g/mol. The standard InChI is InChI=1S/C27H23ClFN5/c1-16(2)31-24-15-27-25(14-23(24)32-21-5-4-12-30-17(21)3)33-22-11-8-19(29)13-26(22)34(27)20-9-6-18(28)7-10-20/h4-16,32H,1-3H3. The highest BCUT2D eigenvalue weighted by Gasteiger charge is 2.17. The number of rotatable bonds is 4. The molecule has 170 valence electrons. The Balaban J connectivity index is 1.85. The third-order valence-electron chi connectivity index (χ3n) is 5.51. The molecule has 1 aliphatic heterocycles. The summed E-state index contributed by atoms with van der Waals surface area (Å²) in [5, 5.41) is 4.89. The van der Waals surface area contributed by atoms with Crippen LogP contribution in [0.3, 0.4) is 0 Å². The molecule has 0 bridgehead atoms. The number of pyridine rings is 1. The van der Waals surface area contributed by atoms with E-state index in [0.717, 1.165) is 39.5 Å².